The molecule has 0 N–H and O–H groups in total. The first-order chi connectivity index (χ1) is 13.0. The van der Waals surface area contributed by atoms with E-state index in [1.807, 2.05) is 24.0 Å². The fourth-order valence-corrected chi connectivity index (χ4v) is 3.96. The number of halogens is 1. The van der Waals surface area contributed by atoms with E-state index >= 15 is 0 Å². The number of piperazine rings is 1. The highest BCUT2D eigenvalue weighted by molar-refractivity contribution is 6.30. The molecule has 6 nitrogen and oxygen atoms in total. The summed E-state index contributed by atoms with van der Waals surface area (Å²) in [4.78, 5) is 28.9. The maximum absolute atomic E-state index is 13.0. The van der Waals surface area contributed by atoms with Gasteiger partial charge in [-0.3, -0.25) is 4.79 Å². The average molecular weight is 386 g/mol. The summed E-state index contributed by atoms with van der Waals surface area (Å²) in [7, 11) is 2.14. The Kier molecular flexibility index (Phi) is 5.02. The molecular weight excluding hydrogens is 362 g/mol. The van der Waals surface area contributed by atoms with E-state index in [9.17, 15) is 4.79 Å². The van der Waals surface area contributed by atoms with Crippen molar-refractivity contribution in [3.63, 3.8) is 0 Å². The fraction of sp³-hybridized carbons (Fsp3) is 0.450. The first kappa shape index (κ1) is 18.2. The molecule has 0 saturated carbocycles. The number of aryl methyl sites for hydroxylation is 1. The lowest BCUT2D eigenvalue weighted by Gasteiger charge is -2.37. The first-order valence-electron chi connectivity index (χ1n) is 9.36. The minimum atomic E-state index is 0.00746. The second-order valence-electron chi connectivity index (χ2n) is 7.30. The minimum absolute atomic E-state index is 0.00746. The number of rotatable bonds is 2. The van der Waals surface area contributed by atoms with Crippen LogP contribution in [0.15, 0.2) is 24.3 Å². The Labute approximate surface area is 164 Å². The molecule has 0 atom stereocenters. The van der Waals surface area contributed by atoms with Crippen molar-refractivity contribution in [1.82, 2.24) is 19.8 Å². The van der Waals surface area contributed by atoms with Crippen molar-refractivity contribution < 1.29 is 4.79 Å². The number of benzene rings is 1. The van der Waals surface area contributed by atoms with Crippen molar-refractivity contribution in [3.8, 4) is 0 Å². The van der Waals surface area contributed by atoms with Crippen LogP contribution in [0.3, 0.4) is 0 Å². The Balaban J connectivity index is 1.62. The molecule has 1 saturated heterocycles. The summed E-state index contributed by atoms with van der Waals surface area (Å²) in [6, 6.07) is 7.14. The summed E-state index contributed by atoms with van der Waals surface area (Å²) in [5.74, 6) is 1.81. The van der Waals surface area contributed by atoms with Gasteiger partial charge in [-0.05, 0) is 32.2 Å². The maximum atomic E-state index is 13.0. The molecule has 7 heteroatoms. The highest BCUT2D eigenvalue weighted by Gasteiger charge is 2.28. The Morgan fingerprint density at radius 1 is 1.11 bits per heavy atom. The number of nitrogens with zero attached hydrogens (tertiary/aromatic N) is 5. The topological polar surface area (TPSA) is 52.6 Å². The summed E-state index contributed by atoms with van der Waals surface area (Å²) in [5.41, 5.74) is 2.79. The molecule has 27 heavy (non-hydrogen) atoms. The van der Waals surface area contributed by atoms with Gasteiger partial charge in [0, 0.05) is 55.3 Å². The number of anilines is 1. The third kappa shape index (κ3) is 3.77. The van der Waals surface area contributed by atoms with E-state index in [4.69, 9.17) is 16.6 Å². The van der Waals surface area contributed by atoms with Crippen LogP contribution in [0.1, 0.15) is 27.4 Å². The standard InChI is InChI=1S/C20H24ClN5O/c1-14-22-18-6-7-26(20(27)15-4-3-5-16(21)12-15)13-17(18)19(23-14)25-10-8-24(2)9-11-25/h3-5,12H,6-11,13H2,1-2H3. The van der Waals surface area contributed by atoms with Crippen molar-refractivity contribution in [3.05, 3.63) is 51.9 Å². The third-order valence-corrected chi connectivity index (χ3v) is 5.55. The lowest BCUT2D eigenvalue weighted by molar-refractivity contribution is 0.0733. The molecule has 0 unspecified atom stereocenters. The number of carbonyl (C=O) groups excluding carboxylic acids is 1. The van der Waals surface area contributed by atoms with Gasteiger partial charge in [-0.1, -0.05) is 17.7 Å². The minimum Gasteiger partial charge on any atom is -0.354 e. The predicted molar refractivity (Wildman–Crippen MR) is 106 cm³/mol. The highest BCUT2D eigenvalue weighted by atomic mass is 35.5. The molecule has 1 fully saturated rings. The quantitative estimate of drug-likeness (QED) is 0.794. The second-order valence-corrected chi connectivity index (χ2v) is 7.73. The molecule has 2 aromatic rings. The van der Waals surface area contributed by atoms with Crippen LogP contribution in [-0.4, -0.2) is 65.4 Å². The number of hydrogen-bond acceptors (Lipinski definition) is 5. The van der Waals surface area contributed by atoms with Crippen molar-refractivity contribution in [1.29, 1.82) is 0 Å². The van der Waals surface area contributed by atoms with Crippen molar-refractivity contribution in [2.45, 2.75) is 19.9 Å². The molecule has 0 spiro atoms. The lowest BCUT2D eigenvalue weighted by atomic mass is 10.0. The van der Waals surface area contributed by atoms with Gasteiger partial charge < -0.3 is 14.7 Å². The van der Waals surface area contributed by atoms with Crippen LogP contribution in [0.4, 0.5) is 5.82 Å². The van der Waals surface area contributed by atoms with E-state index in [0.29, 0.717) is 23.7 Å². The van der Waals surface area contributed by atoms with E-state index in [1.54, 1.807) is 12.1 Å². The van der Waals surface area contributed by atoms with Crippen LogP contribution >= 0.6 is 11.6 Å². The molecule has 0 bridgehead atoms. The fourth-order valence-electron chi connectivity index (χ4n) is 3.77. The summed E-state index contributed by atoms with van der Waals surface area (Å²) in [6.45, 7) is 7.08. The zero-order chi connectivity index (χ0) is 19.0. The summed E-state index contributed by atoms with van der Waals surface area (Å²) in [6.07, 6.45) is 0.756. The molecule has 4 rings (SSSR count). The van der Waals surface area contributed by atoms with E-state index in [-0.39, 0.29) is 5.91 Å². The molecule has 2 aliphatic rings. The van der Waals surface area contributed by atoms with E-state index in [0.717, 1.165) is 55.5 Å². The Bertz CT molecular complexity index is 863. The van der Waals surface area contributed by atoms with Crippen LogP contribution in [0, 0.1) is 6.92 Å². The highest BCUT2D eigenvalue weighted by Crippen LogP contribution is 2.28. The van der Waals surface area contributed by atoms with Crippen LogP contribution in [0.2, 0.25) is 5.02 Å². The third-order valence-electron chi connectivity index (χ3n) is 5.31. The van der Waals surface area contributed by atoms with Gasteiger partial charge in [0.25, 0.3) is 5.91 Å². The molecule has 2 aliphatic heterocycles. The summed E-state index contributed by atoms with van der Waals surface area (Å²) >= 11 is 6.06. The molecule has 1 aromatic heterocycles. The maximum Gasteiger partial charge on any atom is 0.254 e. The number of hydrogen-bond donors (Lipinski definition) is 0. The van der Waals surface area contributed by atoms with Crippen LogP contribution in [-0.2, 0) is 13.0 Å². The molecule has 3 heterocycles. The largest absolute Gasteiger partial charge is 0.354 e. The Morgan fingerprint density at radius 2 is 1.89 bits per heavy atom. The van der Waals surface area contributed by atoms with Crippen molar-refractivity contribution >= 4 is 23.3 Å². The number of aromatic nitrogens is 2. The Morgan fingerprint density at radius 3 is 2.63 bits per heavy atom. The normalized spacial score (nSPS) is 17.7. The zero-order valence-corrected chi connectivity index (χ0v) is 16.5. The van der Waals surface area contributed by atoms with Crippen LogP contribution < -0.4 is 4.90 Å². The van der Waals surface area contributed by atoms with Gasteiger partial charge in [0.05, 0.1) is 12.2 Å². The van der Waals surface area contributed by atoms with Crippen LogP contribution in [0.5, 0.6) is 0 Å². The van der Waals surface area contributed by atoms with Gasteiger partial charge in [-0.15, -0.1) is 0 Å². The first-order valence-corrected chi connectivity index (χ1v) is 9.74. The van der Waals surface area contributed by atoms with E-state index in [1.165, 1.54) is 0 Å². The zero-order valence-electron chi connectivity index (χ0n) is 15.8. The monoisotopic (exact) mass is 385 g/mol. The number of fused-ring (bicyclic) bond motifs is 1. The van der Waals surface area contributed by atoms with E-state index in [2.05, 4.69) is 21.8 Å². The summed E-state index contributed by atoms with van der Waals surface area (Å²) in [5, 5.41) is 0.579. The molecular formula is C20H24ClN5O. The molecule has 0 radical (unpaired) electrons. The molecule has 1 amide bonds. The van der Waals surface area contributed by atoms with Crippen LogP contribution in [0.25, 0.3) is 0 Å². The van der Waals surface area contributed by atoms with Gasteiger partial charge in [-0.25, -0.2) is 9.97 Å². The second kappa shape index (κ2) is 7.44. The molecule has 142 valence electrons. The van der Waals surface area contributed by atoms with Gasteiger partial charge in [0.15, 0.2) is 0 Å². The number of carbonyl (C=O) groups is 1. The average Bonchev–Trinajstić information content (AvgIpc) is 2.67. The number of likely N-dealkylation sites (N-methyl/N-ethyl adjacent to an activating group) is 1. The van der Waals surface area contributed by atoms with Gasteiger partial charge in [0.1, 0.15) is 11.6 Å². The smallest absolute Gasteiger partial charge is 0.254 e. The SMILES string of the molecule is Cc1nc2c(c(N3CCN(C)CC3)n1)CN(C(=O)c1cccc(Cl)c1)CC2. The predicted octanol–water partition coefficient (Wildman–Crippen LogP) is 2.39. The van der Waals surface area contributed by atoms with Gasteiger partial charge >= 0.3 is 0 Å². The lowest BCUT2D eigenvalue weighted by Crippen LogP contribution is -2.46. The van der Waals surface area contributed by atoms with Crippen molar-refractivity contribution in [2.75, 3.05) is 44.7 Å². The molecule has 1 aromatic carbocycles. The van der Waals surface area contributed by atoms with Crippen molar-refractivity contribution in [2.24, 2.45) is 0 Å². The van der Waals surface area contributed by atoms with Gasteiger partial charge in [-0.2, -0.15) is 0 Å². The summed E-state index contributed by atoms with van der Waals surface area (Å²) < 4.78 is 0. The Hall–Kier alpha value is -2.18. The number of amides is 1. The van der Waals surface area contributed by atoms with Gasteiger partial charge in [0.2, 0.25) is 0 Å². The molecule has 0 aliphatic carbocycles. The van der Waals surface area contributed by atoms with E-state index < -0.39 is 0 Å².